The molecule has 4 nitrogen and oxygen atoms in total. The summed E-state index contributed by atoms with van der Waals surface area (Å²) >= 11 is 0. The summed E-state index contributed by atoms with van der Waals surface area (Å²) < 4.78 is 59.4. The fourth-order valence-electron chi connectivity index (χ4n) is 3.03. The van der Waals surface area contributed by atoms with E-state index in [9.17, 15) is 16.8 Å². The van der Waals surface area contributed by atoms with E-state index in [1.54, 1.807) is 36.4 Å². The van der Waals surface area contributed by atoms with Crippen molar-refractivity contribution in [2.75, 3.05) is 0 Å². The van der Waals surface area contributed by atoms with E-state index >= 15 is 0 Å². The van der Waals surface area contributed by atoms with E-state index in [2.05, 4.69) is 6.58 Å². The van der Waals surface area contributed by atoms with Crippen molar-refractivity contribution < 1.29 is 18.2 Å². The Morgan fingerprint density at radius 1 is 0.880 bits per heavy atom. The van der Waals surface area contributed by atoms with Crippen LogP contribution in [0.3, 0.4) is 0 Å². The highest BCUT2D eigenvalue weighted by atomic mass is 32.3. The van der Waals surface area contributed by atoms with Crippen molar-refractivity contribution in [2.24, 2.45) is 0 Å². The van der Waals surface area contributed by atoms with Gasteiger partial charge >= 0.3 is 0 Å². The van der Waals surface area contributed by atoms with Gasteiger partial charge in [0.15, 0.2) is 23.8 Å². The summed E-state index contributed by atoms with van der Waals surface area (Å²) in [5, 5.41) is 0. The van der Waals surface area contributed by atoms with Crippen molar-refractivity contribution in [1.82, 2.24) is 0 Å². The lowest BCUT2D eigenvalue weighted by molar-refractivity contribution is 0.542. The maximum absolute atomic E-state index is 13.4. The maximum atomic E-state index is 13.4. The van der Waals surface area contributed by atoms with Crippen molar-refractivity contribution in [1.29, 1.82) is 0 Å². The average Bonchev–Trinajstić information content (AvgIpc) is 3.11. The van der Waals surface area contributed by atoms with Crippen molar-refractivity contribution in [3.8, 4) is 0 Å². The molecule has 130 valence electrons. The Kier molecular flexibility index (Phi) is 4.09. The molecule has 0 aromatic heterocycles. The molecule has 0 spiro atoms. The molecule has 3 rings (SSSR count). The van der Waals surface area contributed by atoms with Gasteiger partial charge in [-0.2, -0.15) is 0 Å². The molecule has 1 aliphatic carbocycles. The monoisotopic (exact) mass is 375 g/mol. The summed E-state index contributed by atoms with van der Waals surface area (Å²) in [4.78, 5) is -0.102. The van der Waals surface area contributed by atoms with E-state index in [1.165, 1.54) is 30.3 Å². The van der Waals surface area contributed by atoms with Crippen LogP contribution in [-0.4, -0.2) is 20.9 Å². The first-order chi connectivity index (χ1) is 12.2. The van der Waals surface area contributed by atoms with Gasteiger partial charge in [-0.15, -0.1) is 0 Å². The Morgan fingerprint density at radius 2 is 1.32 bits per heavy atom. The predicted octanol–water partition coefficient (Wildman–Crippen LogP) is 3.54. The van der Waals surface area contributed by atoms with Gasteiger partial charge < -0.3 is 0 Å². The van der Waals surface area contributed by atoms with Crippen LogP contribution in [0.2, 0.25) is 0 Å². The molecule has 0 saturated heterocycles. The number of hydrogen-bond acceptors (Lipinski definition) is 4. The number of benzene rings is 2. The maximum Gasteiger partial charge on any atom is 0.199 e. The zero-order valence-electron chi connectivity index (χ0n) is 14.4. The van der Waals surface area contributed by atoms with Crippen LogP contribution in [0.25, 0.3) is 0 Å². The number of rotatable bonds is 5. The fourth-order valence-corrected chi connectivity index (χ4v) is 7.95. The quantitative estimate of drug-likeness (QED) is 0.802. The van der Waals surface area contributed by atoms with Crippen molar-refractivity contribution >= 4 is 19.7 Å². The van der Waals surface area contributed by atoms with Crippen molar-refractivity contribution in [3.05, 3.63) is 84.9 Å². The van der Waals surface area contributed by atoms with Crippen LogP contribution in [0, 0.1) is 0 Å². The van der Waals surface area contributed by atoms with E-state index in [-0.39, 0.29) is 28.7 Å². The first-order valence-electron chi connectivity index (χ1n) is 8.17. The summed E-state index contributed by atoms with van der Waals surface area (Å²) in [6.07, 6.45) is 0.995. The normalized spacial score (nSPS) is 17.6. The Balaban J connectivity index is 2.25. The number of hydrogen-bond donors (Lipinski definition) is 0. The lowest BCUT2D eigenvalue weighted by atomic mass is 10.2. The third-order valence-electron chi connectivity index (χ3n) is 4.43. The Labute approximate surface area is 149 Å². The third kappa shape index (κ3) is 2.65. The minimum absolute atomic E-state index is 0.0512. The summed E-state index contributed by atoms with van der Waals surface area (Å²) in [5.41, 5.74) is 0.337. The van der Waals surface area contributed by atoms with E-state index in [0.29, 0.717) is 5.57 Å². The second-order valence-corrected chi connectivity index (χ2v) is 10.6. The summed E-state index contributed by atoms with van der Waals surface area (Å²) in [5.74, 6) is 0. The van der Waals surface area contributed by atoms with Gasteiger partial charge in [0.2, 0.25) is 0 Å². The van der Waals surface area contributed by atoms with Gasteiger partial charge in [0, 0.05) is 12.8 Å². The van der Waals surface area contributed by atoms with E-state index in [4.69, 9.17) is 1.37 Å². The topological polar surface area (TPSA) is 68.3 Å². The van der Waals surface area contributed by atoms with E-state index in [0.717, 1.165) is 0 Å². The molecule has 25 heavy (non-hydrogen) atoms. The van der Waals surface area contributed by atoms with E-state index in [1.807, 2.05) is 0 Å². The van der Waals surface area contributed by atoms with Gasteiger partial charge in [0.05, 0.1) is 11.2 Å². The third-order valence-corrected chi connectivity index (χ3v) is 10.1. The van der Waals surface area contributed by atoms with Crippen molar-refractivity contribution in [2.45, 2.75) is 26.7 Å². The molecule has 0 aliphatic heterocycles. The van der Waals surface area contributed by atoms with Gasteiger partial charge in [-0.1, -0.05) is 55.1 Å². The minimum Gasteiger partial charge on any atom is -0.222 e. The van der Waals surface area contributed by atoms with Crippen LogP contribution < -0.4 is 0 Å². The molecule has 2 aromatic rings. The molecule has 0 fully saturated rings. The summed E-state index contributed by atoms with van der Waals surface area (Å²) in [7, 11) is -8.47. The van der Waals surface area contributed by atoms with Crippen LogP contribution in [0.4, 0.5) is 0 Å². The molecule has 2 aromatic carbocycles. The van der Waals surface area contributed by atoms with E-state index < -0.39 is 23.8 Å². The number of allylic oxidation sites excluding steroid dienone is 3. The molecule has 0 saturated carbocycles. The number of sulfone groups is 2. The Hall–Kier alpha value is -2.18. The standard InChI is InChI=1S/C19H18O4S2/c1-2-16-13-14-19(15-16,24(20,21)17-9-5-3-6-10-17)25(22,23)18-11-7-4-8-12-18/h2-13H,1,14-15H2/i2D. The lowest BCUT2D eigenvalue weighted by Gasteiger charge is -2.29. The first kappa shape index (κ1) is 16.3. The highest BCUT2D eigenvalue weighted by Crippen LogP contribution is 2.46. The molecule has 6 heteroatoms. The zero-order valence-corrected chi connectivity index (χ0v) is 15.1. The van der Waals surface area contributed by atoms with Crippen LogP contribution in [0.15, 0.2) is 94.7 Å². The SMILES string of the molecule is [2H]C(=C)C1=CCC(S(=O)(=O)c2ccccc2)(S(=O)(=O)c2ccccc2)C1. The van der Waals surface area contributed by atoms with Crippen molar-refractivity contribution in [3.63, 3.8) is 0 Å². The zero-order chi connectivity index (χ0) is 19.0. The minimum atomic E-state index is -4.24. The fraction of sp³-hybridized carbons (Fsp3) is 0.158. The van der Waals surface area contributed by atoms with Crippen LogP contribution in [-0.2, 0) is 19.7 Å². The molecule has 0 N–H and O–H groups in total. The smallest absolute Gasteiger partial charge is 0.199 e. The Bertz CT molecular complexity index is 1000. The summed E-state index contributed by atoms with van der Waals surface area (Å²) in [6.45, 7) is 3.52. The molecular weight excluding hydrogens is 356 g/mol. The second kappa shape index (κ2) is 6.28. The summed E-state index contributed by atoms with van der Waals surface area (Å²) in [6, 6.07) is 15.1. The first-order valence-corrected chi connectivity index (χ1v) is 10.6. The van der Waals surface area contributed by atoms with Gasteiger partial charge in [-0.3, -0.25) is 0 Å². The highest BCUT2D eigenvalue weighted by molar-refractivity contribution is 8.10. The average molecular weight is 375 g/mol. The van der Waals surface area contributed by atoms with Gasteiger partial charge in [-0.25, -0.2) is 16.8 Å². The molecule has 0 radical (unpaired) electrons. The van der Waals surface area contributed by atoms with Crippen LogP contribution in [0.1, 0.15) is 14.2 Å². The lowest BCUT2D eigenvalue weighted by Crippen LogP contribution is -2.44. The second-order valence-electron chi connectivity index (χ2n) is 5.83. The molecular formula is C19H18O4S2. The van der Waals surface area contributed by atoms with Crippen LogP contribution >= 0.6 is 0 Å². The predicted molar refractivity (Wildman–Crippen MR) is 97.5 cm³/mol. The van der Waals surface area contributed by atoms with Gasteiger partial charge in [0.1, 0.15) is 0 Å². The molecule has 0 bridgehead atoms. The molecule has 0 atom stereocenters. The van der Waals surface area contributed by atoms with Gasteiger partial charge in [-0.05, 0) is 29.8 Å². The largest absolute Gasteiger partial charge is 0.222 e. The molecule has 0 heterocycles. The molecule has 0 unspecified atom stereocenters. The van der Waals surface area contributed by atoms with Gasteiger partial charge in [0.25, 0.3) is 0 Å². The molecule has 0 amide bonds. The highest BCUT2D eigenvalue weighted by Gasteiger charge is 2.57. The molecule has 1 aliphatic rings. The Morgan fingerprint density at radius 3 is 1.68 bits per heavy atom. The van der Waals surface area contributed by atoms with Crippen LogP contribution in [0.5, 0.6) is 0 Å².